The van der Waals surface area contributed by atoms with Gasteiger partial charge in [-0.25, -0.2) is 4.39 Å². The smallest absolute Gasteiger partial charge is 0.141 e. The number of halogens is 1. The van der Waals surface area contributed by atoms with Crippen LogP contribution in [-0.4, -0.2) is 48.3 Å². The summed E-state index contributed by atoms with van der Waals surface area (Å²) < 4.78 is 12.9. The number of likely N-dealkylation sites (N-methyl/N-ethyl adjacent to an activating group) is 1. The fraction of sp³-hybridized carbons (Fsp3) is 0.643. The van der Waals surface area contributed by atoms with E-state index in [0.29, 0.717) is 12.5 Å². The summed E-state index contributed by atoms with van der Waals surface area (Å²) in [5, 5.41) is 12.3. The van der Waals surface area contributed by atoms with Gasteiger partial charge in [-0.3, -0.25) is 4.98 Å². The van der Waals surface area contributed by atoms with Gasteiger partial charge in [0.2, 0.25) is 0 Å². The van der Waals surface area contributed by atoms with Crippen LogP contribution in [0.3, 0.4) is 0 Å². The minimum atomic E-state index is -0.316. The van der Waals surface area contributed by atoms with Crippen LogP contribution >= 0.6 is 0 Å². The maximum Gasteiger partial charge on any atom is 0.141 e. The number of aromatic nitrogens is 1. The molecule has 1 rings (SSSR count). The Hall–Kier alpha value is -1.04. The van der Waals surface area contributed by atoms with Crippen molar-refractivity contribution in [3.05, 3.63) is 29.8 Å². The molecule has 0 spiro atoms. The van der Waals surface area contributed by atoms with Gasteiger partial charge in [0.05, 0.1) is 24.5 Å². The molecule has 0 aromatic carbocycles. The van der Waals surface area contributed by atoms with E-state index in [1.165, 1.54) is 12.3 Å². The topological polar surface area (TPSA) is 48.4 Å². The zero-order valence-corrected chi connectivity index (χ0v) is 11.9. The Morgan fingerprint density at radius 1 is 1.47 bits per heavy atom. The van der Waals surface area contributed by atoms with Crippen LogP contribution in [0.4, 0.5) is 4.39 Å². The van der Waals surface area contributed by atoms with Crippen LogP contribution in [0.1, 0.15) is 25.6 Å². The highest BCUT2D eigenvalue weighted by Crippen LogP contribution is 2.21. The molecule has 0 aliphatic heterocycles. The first-order valence-electron chi connectivity index (χ1n) is 6.72. The van der Waals surface area contributed by atoms with Gasteiger partial charge >= 0.3 is 0 Å². The maximum absolute atomic E-state index is 12.9. The first-order valence-corrected chi connectivity index (χ1v) is 6.72. The SMILES string of the molecule is CCNC(c1ccc(F)cn1)C(C)CN(C)CCO. The van der Waals surface area contributed by atoms with Crippen molar-refractivity contribution < 1.29 is 9.50 Å². The molecule has 5 heteroatoms. The number of hydrogen-bond donors (Lipinski definition) is 2. The highest BCUT2D eigenvalue weighted by Gasteiger charge is 2.20. The predicted octanol–water partition coefficient (Wildman–Crippen LogP) is 1.43. The molecule has 4 nitrogen and oxygen atoms in total. The first-order chi connectivity index (χ1) is 9.08. The van der Waals surface area contributed by atoms with Crippen LogP contribution in [0.15, 0.2) is 18.3 Å². The Morgan fingerprint density at radius 3 is 2.74 bits per heavy atom. The lowest BCUT2D eigenvalue weighted by Crippen LogP contribution is -2.35. The Kier molecular flexibility index (Phi) is 6.91. The van der Waals surface area contributed by atoms with Gasteiger partial charge in [0.1, 0.15) is 5.82 Å². The van der Waals surface area contributed by atoms with E-state index in [2.05, 4.69) is 22.1 Å². The molecule has 2 atom stereocenters. The molecule has 0 aliphatic rings. The van der Waals surface area contributed by atoms with E-state index in [9.17, 15) is 4.39 Å². The minimum absolute atomic E-state index is 0.0896. The second kappa shape index (κ2) is 8.19. The molecular weight excluding hydrogens is 245 g/mol. The number of pyridine rings is 1. The van der Waals surface area contributed by atoms with Crippen LogP contribution < -0.4 is 5.32 Å². The molecule has 1 aromatic heterocycles. The number of rotatable bonds is 8. The van der Waals surface area contributed by atoms with Gasteiger partial charge in [-0.15, -0.1) is 0 Å². The molecule has 2 N–H and O–H groups in total. The second-order valence-electron chi connectivity index (χ2n) is 4.90. The fourth-order valence-electron chi connectivity index (χ4n) is 2.25. The molecule has 108 valence electrons. The average Bonchev–Trinajstić information content (AvgIpc) is 2.37. The van der Waals surface area contributed by atoms with Gasteiger partial charge in [-0.05, 0) is 31.6 Å². The third kappa shape index (κ3) is 5.22. The molecule has 19 heavy (non-hydrogen) atoms. The number of aliphatic hydroxyl groups is 1. The largest absolute Gasteiger partial charge is 0.395 e. The molecule has 0 fully saturated rings. The van der Waals surface area contributed by atoms with Crippen molar-refractivity contribution in [3.63, 3.8) is 0 Å². The second-order valence-corrected chi connectivity index (χ2v) is 4.90. The van der Waals surface area contributed by atoms with Crippen LogP contribution in [0.2, 0.25) is 0 Å². The van der Waals surface area contributed by atoms with E-state index in [-0.39, 0.29) is 18.5 Å². The predicted molar refractivity (Wildman–Crippen MR) is 74.4 cm³/mol. The summed E-state index contributed by atoms with van der Waals surface area (Å²) in [4.78, 5) is 6.25. The summed E-state index contributed by atoms with van der Waals surface area (Å²) in [7, 11) is 1.98. The lowest BCUT2D eigenvalue weighted by Gasteiger charge is -2.28. The summed E-state index contributed by atoms with van der Waals surface area (Å²) in [5.74, 6) is -0.00138. The van der Waals surface area contributed by atoms with Crippen LogP contribution in [-0.2, 0) is 0 Å². The lowest BCUT2D eigenvalue weighted by atomic mass is 9.97. The number of aliphatic hydroxyl groups excluding tert-OH is 1. The highest BCUT2D eigenvalue weighted by molar-refractivity contribution is 5.11. The van der Waals surface area contributed by atoms with Gasteiger partial charge in [0.15, 0.2) is 0 Å². The zero-order valence-electron chi connectivity index (χ0n) is 11.9. The van der Waals surface area contributed by atoms with Crippen LogP contribution in [0.5, 0.6) is 0 Å². The third-order valence-electron chi connectivity index (χ3n) is 3.14. The molecule has 0 saturated heterocycles. The molecule has 1 heterocycles. The van der Waals surface area contributed by atoms with Gasteiger partial charge in [0.25, 0.3) is 0 Å². The van der Waals surface area contributed by atoms with E-state index in [4.69, 9.17) is 5.11 Å². The van der Waals surface area contributed by atoms with Gasteiger partial charge in [0, 0.05) is 13.1 Å². The highest BCUT2D eigenvalue weighted by atomic mass is 19.1. The van der Waals surface area contributed by atoms with E-state index in [1.807, 2.05) is 14.0 Å². The zero-order chi connectivity index (χ0) is 14.3. The fourth-order valence-corrected chi connectivity index (χ4v) is 2.25. The van der Waals surface area contributed by atoms with Crippen molar-refractivity contribution in [1.29, 1.82) is 0 Å². The third-order valence-corrected chi connectivity index (χ3v) is 3.14. The summed E-state index contributed by atoms with van der Waals surface area (Å²) in [6.07, 6.45) is 1.25. The van der Waals surface area contributed by atoms with E-state index in [1.54, 1.807) is 6.07 Å². The number of nitrogens with one attached hydrogen (secondary N) is 1. The van der Waals surface area contributed by atoms with E-state index >= 15 is 0 Å². The summed E-state index contributed by atoms with van der Waals surface area (Å²) in [5.41, 5.74) is 0.855. The monoisotopic (exact) mass is 269 g/mol. The number of hydrogen-bond acceptors (Lipinski definition) is 4. The molecule has 2 unspecified atom stereocenters. The Labute approximate surface area is 114 Å². The Morgan fingerprint density at radius 2 is 2.21 bits per heavy atom. The summed E-state index contributed by atoms with van der Waals surface area (Å²) >= 11 is 0. The number of nitrogens with zero attached hydrogens (tertiary/aromatic N) is 2. The molecule has 0 saturated carbocycles. The van der Waals surface area contributed by atoms with Crippen molar-refractivity contribution in [2.75, 3.05) is 33.3 Å². The molecule has 0 amide bonds. The van der Waals surface area contributed by atoms with Gasteiger partial charge < -0.3 is 15.3 Å². The summed E-state index contributed by atoms with van der Waals surface area (Å²) in [6, 6.07) is 3.26. The van der Waals surface area contributed by atoms with Crippen molar-refractivity contribution >= 4 is 0 Å². The van der Waals surface area contributed by atoms with Crippen LogP contribution in [0.25, 0.3) is 0 Å². The molecule has 1 aromatic rings. The van der Waals surface area contributed by atoms with Gasteiger partial charge in [-0.1, -0.05) is 13.8 Å². The lowest BCUT2D eigenvalue weighted by molar-refractivity contribution is 0.191. The van der Waals surface area contributed by atoms with Crippen molar-refractivity contribution in [2.24, 2.45) is 5.92 Å². The molecule has 0 bridgehead atoms. The molecule has 0 aliphatic carbocycles. The normalized spacial score (nSPS) is 14.6. The average molecular weight is 269 g/mol. The van der Waals surface area contributed by atoms with Crippen molar-refractivity contribution in [2.45, 2.75) is 19.9 Å². The van der Waals surface area contributed by atoms with Crippen LogP contribution in [0, 0.1) is 11.7 Å². The standard InChI is InChI=1S/C14H24FN3O/c1-4-16-14(11(2)10-18(3)7-8-19)13-6-5-12(15)9-17-13/h5-6,9,11,14,16,19H,4,7-8,10H2,1-3H3. The van der Waals surface area contributed by atoms with Gasteiger partial charge in [-0.2, -0.15) is 0 Å². The Balaban J connectivity index is 2.73. The van der Waals surface area contributed by atoms with E-state index in [0.717, 1.165) is 18.8 Å². The maximum atomic E-state index is 12.9. The minimum Gasteiger partial charge on any atom is -0.395 e. The quantitative estimate of drug-likeness (QED) is 0.749. The summed E-state index contributed by atoms with van der Waals surface area (Å²) in [6.45, 7) is 6.66. The Bertz CT molecular complexity index is 358. The molecule has 0 radical (unpaired) electrons. The van der Waals surface area contributed by atoms with E-state index < -0.39 is 0 Å². The van der Waals surface area contributed by atoms with Crippen molar-refractivity contribution in [1.82, 2.24) is 15.2 Å². The van der Waals surface area contributed by atoms with Crippen molar-refractivity contribution in [3.8, 4) is 0 Å². The first kappa shape index (κ1) is 16.0. The molecular formula is C14H24FN3O.